The summed E-state index contributed by atoms with van der Waals surface area (Å²) in [5.41, 5.74) is 1.00. The molecule has 0 aliphatic rings. The van der Waals surface area contributed by atoms with Crippen LogP contribution in [0.5, 0.6) is 0 Å². The van der Waals surface area contributed by atoms with Gasteiger partial charge >= 0.3 is 0 Å². The Balaban J connectivity index is 1.94. The van der Waals surface area contributed by atoms with Gasteiger partial charge in [-0.15, -0.1) is 11.8 Å². The van der Waals surface area contributed by atoms with E-state index in [1.807, 2.05) is 36.4 Å². The number of aliphatic hydroxyl groups is 1. The molecule has 0 saturated heterocycles. The minimum atomic E-state index is 0.0278. The van der Waals surface area contributed by atoms with E-state index in [0.717, 1.165) is 21.6 Å². The number of rotatable bonds is 7. The summed E-state index contributed by atoms with van der Waals surface area (Å²) in [7, 11) is 1.75. The number of furan rings is 1. The molecule has 1 aromatic carbocycles. The Kier molecular flexibility index (Phi) is 6.54. The molecule has 0 atom stereocenters. The summed E-state index contributed by atoms with van der Waals surface area (Å²) in [5, 5.41) is 8.72. The van der Waals surface area contributed by atoms with Gasteiger partial charge in [-0.2, -0.15) is 0 Å². The second kappa shape index (κ2) is 8.41. The third kappa shape index (κ3) is 4.90. The zero-order valence-corrected chi connectivity index (χ0v) is 14.7. The predicted molar refractivity (Wildman–Crippen MR) is 92.7 cm³/mol. The lowest BCUT2D eigenvalue weighted by atomic mass is 10.2. The smallest absolute Gasteiger partial charge is 0.232 e. The summed E-state index contributed by atoms with van der Waals surface area (Å²) in [5.74, 6) is 2.52. The predicted octanol–water partition coefficient (Wildman–Crippen LogP) is 3.39. The minimum absolute atomic E-state index is 0.0278. The van der Waals surface area contributed by atoms with Crippen LogP contribution >= 0.6 is 27.7 Å². The van der Waals surface area contributed by atoms with Crippen molar-refractivity contribution in [3.8, 4) is 11.3 Å². The van der Waals surface area contributed by atoms with E-state index in [-0.39, 0.29) is 12.5 Å². The standard InChI is InChI=1S/C16H18BrNO3S/c1-18(16(20)11-22-9-8-19)10-14-6-7-15(21-14)12-2-4-13(17)5-3-12/h2-7,19H,8-11H2,1H3. The van der Waals surface area contributed by atoms with Gasteiger partial charge in [-0.05, 0) is 24.3 Å². The Bertz CT molecular complexity index is 612. The number of hydrogen-bond acceptors (Lipinski definition) is 4. The molecule has 1 heterocycles. The fraction of sp³-hybridized carbons (Fsp3) is 0.312. The lowest BCUT2D eigenvalue weighted by molar-refractivity contribution is -0.127. The summed E-state index contributed by atoms with van der Waals surface area (Å²) in [6.07, 6.45) is 0. The number of thioether (sulfide) groups is 1. The molecule has 22 heavy (non-hydrogen) atoms. The van der Waals surface area contributed by atoms with Crippen LogP contribution in [0.1, 0.15) is 5.76 Å². The minimum Gasteiger partial charge on any atom is -0.459 e. The average Bonchev–Trinajstić information content (AvgIpc) is 2.96. The van der Waals surface area contributed by atoms with Gasteiger partial charge in [0.15, 0.2) is 0 Å². The number of amides is 1. The molecule has 0 aliphatic carbocycles. The lowest BCUT2D eigenvalue weighted by Gasteiger charge is -2.15. The first kappa shape index (κ1) is 17.1. The molecule has 2 rings (SSSR count). The molecule has 118 valence electrons. The van der Waals surface area contributed by atoms with E-state index >= 15 is 0 Å². The average molecular weight is 384 g/mol. The van der Waals surface area contributed by atoms with E-state index in [4.69, 9.17) is 9.52 Å². The van der Waals surface area contributed by atoms with Crippen LogP contribution in [0.3, 0.4) is 0 Å². The molecule has 1 aromatic heterocycles. The zero-order chi connectivity index (χ0) is 15.9. The van der Waals surface area contributed by atoms with Crippen LogP contribution in [0.15, 0.2) is 45.3 Å². The molecule has 0 unspecified atom stereocenters. The van der Waals surface area contributed by atoms with E-state index in [2.05, 4.69) is 15.9 Å². The quantitative estimate of drug-likeness (QED) is 0.744. The van der Waals surface area contributed by atoms with E-state index in [0.29, 0.717) is 18.1 Å². The van der Waals surface area contributed by atoms with Gasteiger partial charge in [0.2, 0.25) is 5.91 Å². The highest BCUT2D eigenvalue weighted by molar-refractivity contribution is 9.10. The van der Waals surface area contributed by atoms with Crippen LogP contribution in [0.2, 0.25) is 0 Å². The van der Waals surface area contributed by atoms with E-state index < -0.39 is 0 Å². The first-order valence-electron chi connectivity index (χ1n) is 6.87. The van der Waals surface area contributed by atoms with Crippen LogP contribution in [0, 0.1) is 0 Å². The molecule has 0 aliphatic heterocycles. The van der Waals surface area contributed by atoms with Gasteiger partial charge in [-0.1, -0.05) is 28.1 Å². The highest BCUT2D eigenvalue weighted by Crippen LogP contribution is 2.24. The summed E-state index contributed by atoms with van der Waals surface area (Å²) in [4.78, 5) is 13.5. The molecule has 2 aromatic rings. The topological polar surface area (TPSA) is 53.7 Å². The molecule has 0 radical (unpaired) electrons. The van der Waals surface area contributed by atoms with E-state index in [1.165, 1.54) is 11.8 Å². The molecule has 0 bridgehead atoms. The number of carbonyl (C=O) groups excluding carboxylic acids is 1. The second-order valence-corrected chi connectivity index (χ2v) is 6.82. The fourth-order valence-corrected chi connectivity index (χ4v) is 2.82. The number of halogens is 1. The molecular weight excluding hydrogens is 366 g/mol. The maximum Gasteiger partial charge on any atom is 0.232 e. The highest BCUT2D eigenvalue weighted by atomic mass is 79.9. The van der Waals surface area contributed by atoms with Crippen molar-refractivity contribution in [2.24, 2.45) is 0 Å². The van der Waals surface area contributed by atoms with E-state index in [1.54, 1.807) is 11.9 Å². The van der Waals surface area contributed by atoms with E-state index in [9.17, 15) is 4.79 Å². The van der Waals surface area contributed by atoms with Crippen molar-refractivity contribution in [2.45, 2.75) is 6.54 Å². The van der Waals surface area contributed by atoms with Crippen LogP contribution in [-0.2, 0) is 11.3 Å². The van der Waals surface area contributed by atoms with Crippen LogP contribution in [0.4, 0.5) is 0 Å². The third-order valence-electron chi connectivity index (χ3n) is 3.07. The maximum atomic E-state index is 11.9. The molecule has 1 N–H and O–H groups in total. The van der Waals surface area contributed by atoms with Gasteiger partial charge in [0.1, 0.15) is 11.5 Å². The van der Waals surface area contributed by atoms with Gasteiger partial charge in [0.25, 0.3) is 0 Å². The van der Waals surface area contributed by atoms with Crippen molar-refractivity contribution in [1.82, 2.24) is 4.90 Å². The maximum absolute atomic E-state index is 11.9. The Morgan fingerprint density at radius 2 is 2.00 bits per heavy atom. The van der Waals surface area contributed by atoms with Crippen LogP contribution < -0.4 is 0 Å². The molecule has 0 fully saturated rings. The Labute approximate surface area is 142 Å². The largest absolute Gasteiger partial charge is 0.459 e. The molecule has 4 nitrogen and oxygen atoms in total. The molecule has 1 amide bonds. The summed E-state index contributed by atoms with van der Waals surface area (Å²) >= 11 is 4.83. The molecular formula is C16H18BrNO3S. The van der Waals surface area contributed by atoms with Crippen molar-refractivity contribution in [2.75, 3.05) is 25.2 Å². The molecule has 6 heteroatoms. The Hall–Kier alpha value is -1.24. The van der Waals surface area contributed by atoms with Gasteiger partial charge < -0.3 is 14.4 Å². The number of nitrogens with zero attached hydrogens (tertiary/aromatic N) is 1. The SMILES string of the molecule is CN(Cc1ccc(-c2ccc(Br)cc2)o1)C(=O)CSCCO. The first-order chi connectivity index (χ1) is 10.6. The summed E-state index contributed by atoms with van der Waals surface area (Å²) < 4.78 is 6.82. The van der Waals surface area contributed by atoms with Crippen molar-refractivity contribution >= 4 is 33.6 Å². The van der Waals surface area contributed by atoms with Crippen LogP contribution in [-0.4, -0.2) is 41.1 Å². The first-order valence-corrected chi connectivity index (χ1v) is 8.82. The van der Waals surface area contributed by atoms with Crippen molar-refractivity contribution in [3.63, 3.8) is 0 Å². The normalized spacial score (nSPS) is 10.7. The number of benzene rings is 1. The van der Waals surface area contributed by atoms with Gasteiger partial charge in [0, 0.05) is 22.8 Å². The van der Waals surface area contributed by atoms with Crippen molar-refractivity contribution in [1.29, 1.82) is 0 Å². The second-order valence-electron chi connectivity index (χ2n) is 4.80. The Morgan fingerprint density at radius 3 is 2.68 bits per heavy atom. The van der Waals surface area contributed by atoms with Gasteiger partial charge in [0.05, 0.1) is 18.9 Å². The number of carbonyl (C=O) groups is 1. The fourth-order valence-electron chi connectivity index (χ4n) is 1.89. The van der Waals surface area contributed by atoms with Gasteiger partial charge in [-0.25, -0.2) is 0 Å². The molecule has 0 saturated carbocycles. The highest BCUT2D eigenvalue weighted by Gasteiger charge is 2.12. The third-order valence-corrected chi connectivity index (χ3v) is 4.52. The summed E-state index contributed by atoms with van der Waals surface area (Å²) in [6.45, 7) is 0.533. The lowest BCUT2D eigenvalue weighted by Crippen LogP contribution is -2.27. The van der Waals surface area contributed by atoms with Crippen molar-refractivity contribution < 1.29 is 14.3 Å². The molecule has 0 spiro atoms. The van der Waals surface area contributed by atoms with Crippen molar-refractivity contribution in [3.05, 3.63) is 46.6 Å². The summed E-state index contributed by atoms with van der Waals surface area (Å²) in [6, 6.07) is 11.7. The van der Waals surface area contributed by atoms with Gasteiger partial charge in [-0.3, -0.25) is 4.79 Å². The number of aliphatic hydroxyl groups excluding tert-OH is 1. The Morgan fingerprint density at radius 1 is 1.27 bits per heavy atom. The zero-order valence-electron chi connectivity index (χ0n) is 12.3. The number of hydrogen-bond donors (Lipinski definition) is 1. The van der Waals surface area contributed by atoms with Crippen LogP contribution in [0.25, 0.3) is 11.3 Å². The monoisotopic (exact) mass is 383 g/mol.